The number of H-pyrrole nitrogens is 1. The van der Waals surface area contributed by atoms with Crippen LogP contribution in [0.1, 0.15) is 42.1 Å². The SMILES string of the molecule is O=C(/N=c1\[nH]c2ccccc2n1[C@H]1CC[C@@H](O)CC1)c1ccnc(Br)c1. The number of aliphatic hydroxyl groups is 1. The molecular weight excluding hydrogens is 396 g/mol. The molecule has 0 bridgehead atoms. The predicted molar refractivity (Wildman–Crippen MR) is 102 cm³/mol. The number of nitrogens with zero attached hydrogens (tertiary/aromatic N) is 3. The summed E-state index contributed by atoms with van der Waals surface area (Å²) < 4.78 is 2.71. The average molecular weight is 415 g/mol. The Morgan fingerprint density at radius 1 is 1.23 bits per heavy atom. The van der Waals surface area contributed by atoms with Crippen LogP contribution in [0.4, 0.5) is 0 Å². The third-order valence-corrected chi connectivity index (χ3v) is 5.28. The molecule has 0 radical (unpaired) electrons. The molecule has 1 aliphatic rings. The third-order valence-electron chi connectivity index (χ3n) is 4.85. The molecule has 2 aromatic heterocycles. The first-order valence-corrected chi connectivity index (χ1v) is 9.49. The number of aliphatic hydroxyl groups excluding tert-OH is 1. The van der Waals surface area contributed by atoms with Crippen molar-refractivity contribution in [3.05, 3.63) is 58.4 Å². The monoisotopic (exact) mass is 414 g/mol. The Hall–Kier alpha value is -2.25. The van der Waals surface area contributed by atoms with E-state index in [4.69, 9.17) is 0 Å². The summed E-state index contributed by atoms with van der Waals surface area (Å²) in [5, 5.41) is 9.82. The number of carbonyl (C=O) groups excluding carboxylic acids is 1. The first kappa shape index (κ1) is 17.2. The second kappa shape index (κ2) is 7.17. The summed E-state index contributed by atoms with van der Waals surface area (Å²) in [7, 11) is 0. The van der Waals surface area contributed by atoms with Crippen molar-refractivity contribution in [3.8, 4) is 0 Å². The van der Waals surface area contributed by atoms with Crippen LogP contribution in [0.3, 0.4) is 0 Å². The summed E-state index contributed by atoms with van der Waals surface area (Å²) in [6.45, 7) is 0. The fraction of sp³-hybridized carbons (Fsp3) is 0.316. The van der Waals surface area contributed by atoms with Crippen molar-refractivity contribution in [2.24, 2.45) is 4.99 Å². The van der Waals surface area contributed by atoms with Gasteiger partial charge in [0.15, 0.2) is 0 Å². The highest BCUT2D eigenvalue weighted by Gasteiger charge is 2.23. The molecule has 134 valence electrons. The molecule has 1 aromatic carbocycles. The standard InChI is InChI=1S/C19H19BrN4O2/c20-17-11-12(9-10-21-17)18(26)23-19-22-15-3-1-2-4-16(15)24(19)13-5-7-14(25)8-6-13/h1-4,9-11,13-14,25H,5-8H2,(H,22,23,26)/t13-,14+. The molecule has 1 saturated carbocycles. The van der Waals surface area contributed by atoms with Crippen molar-refractivity contribution in [1.29, 1.82) is 0 Å². The van der Waals surface area contributed by atoms with Gasteiger partial charge in [0, 0.05) is 17.8 Å². The van der Waals surface area contributed by atoms with Crippen LogP contribution >= 0.6 is 15.9 Å². The molecule has 1 aliphatic carbocycles. The fourth-order valence-electron chi connectivity index (χ4n) is 3.55. The summed E-state index contributed by atoms with van der Waals surface area (Å²) in [5.74, 6) is -0.316. The van der Waals surface area contributed by atoms with Crippen LogP contribution < -0.4 is 5.62 Å². The predicted octanol–water partition coefficient (Wildman–Crippen LogP) is 3.34. The van der Waals surface area contributed by atoms with Gasteiger partial charge in [-0.15, -0.1) is 0 Å². The zero-order valence-electron chi connectivity index (χ0n) is 14.1. The lowest BCUT2D eigenvalue weighted by Gasteiger charge is -2.27. The van der Waals surface area contributed by atoms with Crippen molar-refractivity contribution in [1.82, 2.24) is 14.5 Å². The molecule has 0 atom stereocenters. The Kier molecular flexibility index (Phi) is 4.74. The maximum atomic E-state index is 12.6. The summed E-state index contributed by atoms with van der Waals surface area (Å²) in [4.78, 5) is 24.3. The number of aromatic amines is 1. The maximum absolute atomic E-state index is 12.6. The van der Waals surface area contributed by atoms with Gasteiger partial charge in [0.2, 0.25) is 5.62 Å². The van der Waals surface area contributed by atoms with E-state index in [0.29, 0.717) is 15.8 Å². The van der Waals surface area contributed by atoms with E-state index in [1.54, 1.807) is 18.3 Å². The molecule has 2 N–H and O–H groups in total. The lowest BCUT2D eigenvalue weighted by molar-refractivity contribution is 0.0990. The fourth-order valence-corrected chi connectivity index (χ4v) is 3.91. The Morgan fingerprint density at radius 3 is 2.77 bits per heavy atom. The van der Waals surface area contributed by atoms with Crippen molar-refractivity contribution >= 4 is 32.9 Å². The van der Waals surface area contributed by atoms with Crippen LogP contribution in [-0.4, -0.2) is 31.7 Å². The lowest BCUT2D eigenvalue weighted by atomic mass is 9.93. The van der Waals surface area contributed by atoms with Gasteiger partial charge in [0.25, 0.3) is 5.91 Å². The molecule has 0 saturated heterocycles. The molecule has 0 aliphatic heterocycles. The number of pyridine rings is 1. The number of para-hydroxylation sites is 2. The number of rotatable bonds is 2. The average Bonchev–Trinajstić information content (AvgIpc) is 3.00. The number of imidazole rings is 1. The Bertz CT molecular complexity index is 1020. The number of carbonyl (C=O) groups is 1. The molecule has 1 fully saturated rings. The van der Waals surface area contributed by atoms with Crippen LogP contribution in [0.15, 0.2) is 52.2 Å². The maximum Gasteiger partial charge on any atom is 0.280 e. The number of benzene rings is 1. The highest BCUT2D eigenvalue weighted by molar-refractivity contribution is 9.10. The molecule has 3 aromatic rings. The quantitative estimate of drug-likeness (QED) is 0.630. The van der Waals surface area contributed by atoms with Crippen LogP contribution in [0.5, 0.6) is 0 Å². The van der Waals surface area contributed by atoms with E-state index in [0.717, 1.165) is 36.7 Å². The zero-order chi connectivity index (χ0) is 18.1. The first-order valence-electron chi connectivity index (χ1n) is 8.70. The van der Waals surface area contributed by atoms with Gasteiger partial charge >= 0.3 is 0 Å². The lowest BCUT2D eigenvalue weighted by Crippen LogP contribution is -2.29. The van der Waals surface area contributed by atoms with Gasteiger partial charge in [-0.25, -0.2) is 4.98 Å². The molecule has 0 unspecified atom stereocenters. The second-order valence-corrected chi connectivity index (χ2v) is 7.39. The Morgan fingerprint density at radius 2 is 2.00 bits per heavy atom. The number of hydrogen-bond donors (Lipinski definition) is 2. The van der Waals surface area contributed by atoms with Crippen LogP contribution in [-0.2, 0) is 0 Å². The summed E-state index contributed by atoms with van der Waals surface area (Å²) in [6.07, 6.45) is 4.61. The zero-order valence-corrected chi connectivity index (χ0v) is 15.7. The molecule has 7 heteroatoms. The highest BCUT2D eigenvalue weighted by atomic mass is 79.9. The molecule has 0 spiro atoms. The van der Waals surface area contributed by atoms with Gasteiger partial charge in [-0.2, -0.15) is 4.99 Å². The van der Waals surface area contributed by atoms with Gasteiger partial charge in [0.1, 0.15) is 4.60 Å². The molecule has 26 heavy (non-hydrogen) atoms. The van der Waals surface area contributed by atoms with Gasteiger partial charge in [-0.3, -0.25) is 4.79 Å². The molecule has 1 amide bonds. The van der Waals surface area contributed by atoms with Crippen molar-refractivity contribution in [2.45, 2.75) is 37.8 Å². The van der Waals surface area contributed by atoms with Crippen LogP contribution in [0.25, 0.3) is 11.0 Å². The van der Waals surface area contributed by atoms with E-state index in [1.807, 2.05) is 24.3 Å². The molecule has 2 heterocycles. The molecule has 4 rings (SSSR count). The van der Waals surface area contributed by atoms with E-state index in [2.05, 4.69) is 35.5 Å². The normalized spacial score (nSPS) is 21.2. The summed E-state index contributed by atoms with van der Waals surface area (Å²) in [5.41, 5.74) is 3.00. The Labute approximate surface area is 158 Å². The first-order chi connectivity index (χ1) is 12.6. The summed E-state index contributed by atoms with van der Waals surface area (Å²) >= 11 is 3.28. The van der Waals surface area contributed by atoms with Crippen LogP contribution in [0.2, 0.25) is 0 Å². The number of hydrogen-bond acceptors (Lipinski definition) is 3. The minimum Gasteiger partial charge on any atom is -0.393 e. The van der Waals surface area contributed by atoms with Gasteiger partial charge in [-0.05, 0) is 65.9 Å². The molecular formula is C19H19BrN4O2. The van der Waals surface area contributed by atoms with E-state index in [9.17, 15) is 9.90 Å². The van der Waals surface area contributed by atoms with Crippen molar-refractivity contribution in [3.63, 3.8) is 0 Å². The van der Waals surface area contributed by atoms with Crippen molar-refractivity contribution < 1.29 is 9.90 Å². The second-order valence-electron chi connectivity index (χ2n) is 6.58. The number of amides is 1. The molecule has 6 nitrogen and oxygen atoms in total. The van der Waals surface area contributed by atoms with Crippen molar-refractivity contribution in [2.75, 3.05) is 0 Å². The van der Waals surface area contributed by atoms with Gasteiger partial charge < -0.3 is 14.7 Å². The van der Waals surface area contributed by atoms with E-state index < -0.39 is 0 Å². The van der Waals surface area contributed by atoms with Gasteiger partial charge in [-0.1, -0.05) is 12.1 Å². The summed E-state index contributed by atoms with van der Waals surface area (Å²) in [6, 6.07) is 11.5. The number of halogens is 1. The largest absolute Gasteiger partial charge is 0.393 e. The topological polar surface area (TPSA) is 83.3 Å². The Balaban J connectivity index is 1.81. The van der Waals surface area contributed by atoms with E-state index in [-0.39, 0.29) is 18.1 Å². The highest BCUT2D eigenvalue weighted by Crippen LogP contribution is 2.29. The minimum absolute atomic E-state index is 0.213. The smallest absolute Gasteiger partial charge is 0.280 e. The van der Waals surface area contributed by atoms with E-state index in [1.165, 1.54) is 0 Å². The number of nitrogens with one attached hydrogen (secondary N) is 1. The van der Waals surface area contributed by atoms with Crippen LogP contribution in [0, 0.1) is 0 Å². The van der Waals surface area contributed by atoms with E-state index >= 15 is 0 Å². The van der Waals surface area contributed by atoms with Gasteiger partial charge in [0.05, 0.1) is 17.1 Å². The number of aromatic nitrogens is 3. The number of fused-ring (bicyclic) bond motifs is 1. The minimum atomic E-state index is -0.316. The third kappa shape index (κ3) is 3.37.